The lowest BCUT2D eigenvalue weighted by Gasteiger charge is -2.35. The van der Waals surface area contributed by atoms with Gasteiger partial charge in [0.2, 0.25) is 0 Å². The molecule has 2 aliphatic heterocycles. The second-order valence-electron chi connectivity index (χ2n) is 5.28. The van der Waals surface area contributed by atoms with Gasteiger partial charge < -0.3 is 10.1 Å². The standard InChI is InChI=1S/C11H22N2O/c1-9-7-13(5-4-12-9)10-6-11(2,3)14-8-10/h9-10,12H,4-8H2,1-3H3. The Labute approximate surface area is 86.8 Å². The lowest BCUT2D eigenvalue weighted by molar-refractivity contribution is 0.0319. The Morgan fingerprint density at radius 3 is 2.79 bits per heavy atom. The number of hydrogen-bond acceptors (Lipinski definition) is 3. The molecular formula is C11H22N2O. The van der Waals surface area contributed by atoms with E-state index >= 15 is 0 Å². The van der Waals surface area contributed by atoms with Crippen LogP contribution >= 0.6 is 0 Å². The van der Waals surface area contributed by atoms with Gasteiger partial charge in [-0.2, -0.15) is 0 Å². The van der Waals surface area contributed by atoms with Crippen molar-refractivity contribution in [2.75, 3.05) is 26.2 Å². The van der Waals surface area contributed by atoms with Crippen molar-refractivity contribution in [3.63, 3.8) is 0 Å². The molecule has 0 bridgehead atoms. The van der Waals surface area contributed by atoms with E-state index in [2.05, 4.69) is 31.0 Å². The summed E-state index contributed by atoms with van der Waals surface area (Å²) in [5.74, 6) is 0. The zero-order valence-electron chi connectivity index (χ0n) is 9.55. The smallest absolute Gasteiger partial charge is 0.0643 e. The Bertz CT molecular complexity index is 205. The summed E-state index contributed by atoms with van der Waals surface area (Å²) in [6.07, 6.45) is 1.18. The number of nitrogens with one attached hydrogen (secondary N) is 1. The average molecular weight is 198 g/mol. The molecule has 2 rings (SSSR count). The first-order chi connectivity index (χ1) is 6.57. The van der Waals surface area contributed by atoms with Gasteiger partial charge in [0.15, 0.2) is 0 Å². The minimum atomic E-state index is 0.0960. The maximum Gasteiger partial charge on any atom is 0.0643 e. The summed E-state index contributed by atoms with van der Waals surface area (Å²) >= 11 is 0. The summed E-state index contributed by atoms with van der Waals surface area (Å²) in [6.45, 7) is 11.0. The molecule has 82 valence electrons. The van der Waals surface area contributed by atoms with E-state index in [0.717, 1.165) is 13.2 Å². The van der Waals surface area contributed by atoms with Crippen molar-refractivity contribution in [2.24, 2.45) is 0 Å². The molecule has 1 N–H and O–H groups in total. The number of ether oxygens (including phenoxy) is 1. The molecule has 2 saturated heterocycles. The van der Waals surface area contributed by atoms with Gasteiger partial charge in [0.1, 0.15) is 0 Å². The zero-order chi connectivity index (χ0) is 10.2. The average Bonchev–Trinajstić information content (AvgIpc) is 2.46. The van der Waals surface area contributed by atoms with Gasteiger partial charge in [-0.1, -0.05) is 0 Å². The molecule has 0 saturated carbocycles. The Balaban J connectivity index is 1.89. The van der Waals surface area contributed by atoms with E-state index in [-0.39, 0.29) is 5.60 Å². The summed E-state index contributed by atoms with van der Waals surface area (Å²) in [5, 5.41) is 3.47. The maximum atomic E-state index is 5.78. The van der Waals surface area contributed by atoms with Gasteiger partial charge in [-0.25, -0.2) is 0 Å². The van der Waals surface area contributed by atoms with Crippen LogP contribution in [-0.2, 0) is 4.74 Å². The predicted octanol–water partition coefficient (Wildman–Crippen LogP) is 0.848. The molecule has 3 heteroatoms. The van der Waals surface area contributed by atoms with E-state index in [9.17, 15) is 0 Å². The summed E-state index contributed by atoms with van der Waals surface area (Å²) in [7, 11) is 0. The van der Waals surface area contributed by atoms with E-state index in [4.69, 9.17) is 4.74 Å². The topological polar surface area (TPSA) is 24.5 Å². The Hall–Kier alpha value is -0.120. The van der Waals surface area contributed by atoms with Crippen LogP contribution in [0.5, 0.6) is 0 Å². The summed E-state index contributed by atoms with van der Waals surface area (Å²) in [4.78, 5) is 2.58. The highest BCUT2D eigenvalue weighted by atomic mass is 16.5. The molecule has 2 aliphatic rings. The third kappa shape index (κ3) is 2.27. The third-order valence-electron chi connectivity index (χ3n) is 3.31. The monoisotopic (exact) mass is 198 g/mol. The summed E-state index contributed by atoms with van der Waals surface area (Å²) < 4.78 is 5.78. The maximum absolute atomic E-state index is 5.78. The fourth-order valence-electron chi connectivity index (χ4n) is 2.54. The Morgan fingerprint density at radius 1 is 1.43 bits per heavy atom. The van der Waals surface area contributed by atoms with Crippen LogP contribution in [0.25, 0.3) is 0 Å². The van der Waals surface area contributed by atoms with Crippen LogP contribution < -0.4 is 5.32 Å². The van der Waals surface area contributed by atoms with Gasteiger partial charge in [0.05, 0.1) is 12.2 Å². The minimum Gasteiger partial charge on any atom is -0.374 e. The van der Waals surface area contributed by atoms with Crippen molar-refractivity contribution in [3.05, 3.63) is 0 Å². The predicted molar refractivity (Wildman–Crippen MR) is 57.5 cm³/mol. The molecule has 2 fully saturated rings. The molecule has 0 aromatic carbocycles. The van der Waals surface area contributed by atoms with Crippen molar-refractivity contribution in [1.82, 2.24) is 10.2 Å². The molecule has 3 nitrogen and oxygen atoms in total. The fraction of sp³-hybridized carbons (Fsp3) is 1.00. The molecule has 0 spiro atoms. The number of rotatable bonds is 1. The quantitative estimate of drug-likeness (QED) is 0.676. The number of nitrogens with zero attached hydrogens (tertiary/aromatic N) is 1. The Kier molecular flexibility index (Phi) is 2.82. The third-order valence-corrected chi connectivity index (χ3v) is 3.31. The zero-order valence-corrected chi connectivity index (χ0v) is 9.55. The van der Waals surface area contributed by atoms with Crippen molar-refractivity contribution in [1.29, 1.82) is 0 Å². The highest BCUT2D eigenvalue weighted by Gasteiger charge is 2.36. The second kappa shape index (κ2) is 3.80. The molecule has 0 aromatic rings. The largest absolute Gasteiger partial charge is 0.374 e. The lowest BCUT2D eigenvalue weighted by Crippen LogP contribution is -2.53. The number of piperazine rings is 1. The molecule has 2 atom stereocenters. The SMILES string of the molecule is CC1CN(C2COC(C)(C)C2)CCN1. The van der Waals surface area contributed by atoms with Gasteiger partial charge in [-0.3, -0.25) is 4.90 Å². The molecule has 0 radical (unpaired) electrons. The van der Waals surface area contributed by atoms with Gasteiger partial charge in [-0.15, -0.1) is 0 Å². The molecule has 2 heterocycles. The Morgan fingerprint density at radius 2 is 2.21 bits per heavy atom. The van der Waals surface area contributed by atoms with Crippen molar-refractivity contribution in [3.8, 4) is 0 Å². The highest BCUT2D eigenvalue weighted by molar-refractivity contribution is 4.89. The van der Waals surface area contributed by atoms with Gasteiger partial charge in [0, 0.05) is 31.7 Å². The van der Waals surface area contributed by atoms with Crippen LogP contribution in [0.2, 0.25) is 0 Å². The first kappa shape index (κ1) is 10.4. The van der Waals surface area contributed by atoms with E-state index in [0.29, 0.717) is 12.1 Å². The van der Waals surface area contributed by atoms with Gasteiger partial charge in [0.25, 0.3) is 0 Å². The van der Waals surface area contributed by atoms with Gasteiger partial charge >= 0.3 is 0 Å². The fourth-order valence-corrected chi connectivity index (χ4v) is 2.54. The summed E-state index contributed by atoms with van der Waals surface area (Å²) in [5.41, 5.74) is 0.0960. The first-order valence-corrected chi connectivity index (χ1v) is 5.68. The van der Waals surface area contributed by atoms with E-state index in [1.807, 2.05) is 0 Å². The van der Waals surface area contributed by atoms with Crippen molar-refractivity contribution >= 4 is 0 Å². The molecule has 0 amide bonds. The highest BCUT2D eigenvalue weighted by Crippen LogP contribution is 2.28. The first-order valence-electron chi connectivity index (χ1n) is 5.68. The van der Waals surface area contributed by atoms with Crippen LogP contribution in [0.3, 0.4) is 0 Å². The molecule has 0 aromatic heterocycles. The van der Waals surface area contributed by atoms with Crippen molar-refractivity contribution < 1.29 is 4.74 Å². The second-order valence-corrected chi connectivity index (χ2v) is 5.28. The van der Waals surface area contributed by atoms with Crippen LogP contribution in [0.4, 0.5) is 0 Å². The molecular weight excluding hydrogens is 176 g/mol. The normalized spacial score (nSPS) is 38.8. The lowest BCUT2D eigenvalue weighted by atomic mass is 10.0. The number of hydrogen-bond donors (Lipinski definition) is 1. The van der Waals surface area contributed by atoms with Crippen LogP contribution in [-0.4, -0.2) is 48.8 Å². The van der Waals surface area contributed by atoms with Crippen LogP contribution in [0.15, 0.2) is 0 Å². The molecule has 14 heavy (non-hydrogen) atoms. The molecule has 0 aliphatic carbocycles. The summed E-state index contributed by atoms with van der Waals surface area (Å²) in [6, 6.07) is 1.28. The van der Waals surface area contributed by atoms with E-state index in [1.54, 1.807) is 0 Å². The van der Waals surface area contributed by atoms with Crippen LogP contribution in [0.1, 0.15) is 27.2 Å². The minimum absolute atomic E-state index is 0.0960. The van der Waals surface area contributed by atoms with Crippen LogP contribution in [0, 0.1) is 0 Å². The van der Waals surface area contributed by atoms with E-state index < -0.39 is 0 Å². The van der Waals surface area contributed by atoms with E-state index in [1.165, 1.54) is 19.5 Å². The molecule has 2 unspecified atom stereocenters. The van der Waals surface area contributed by atoms with Crippen molar-refractivity contribution in [2.45, 2.75) is 44.9 Å². The van der Waals surface area contributed by atoms with Gasteiger partial charge in [-0.05, 0) is 27.2 Å².